The van der Waals surface area contributed by atoms with Crippen molar-refractivity contribution in [2.45, 2.75) is 12.1 Å². The molecular formula is C21H18N4OS2. The third kappa shape index (κ3) is 4.16. The molecule has 0 atom stereocenters. The van der Waals surface area contributed by atoms with Gasteiger partial charge in [-0.05, 0) is 42.6 Å². The Kier molecular flexibility index (Phi) is 5.55. The van der Waals surface area contributed by atoms with E-state index in [0.717, 1.165) is 27.6 Å². The molecule has 2 aromatic carbocycles. The molecule has 0 unspecified atom stereocenters. The fraction of sp³-hybridized carbons (Fsp3) is 0.0952. The Hall–Kier alpha value is -2.90. The highest BCUT2D eigenvalue weighted by atomic mass is 32.2. The number of nitrogens with one attached hydrogen (secondary N) is 1. The Morgan fingerprint density at radius 3 is 2.54 bits per heavy atom. The highest BCUT2D eigenvalue weighted by Gasteiger charge is 2.17. The van der Waals surface area contributed by atoms with Crippen molar-refractivity contribution in [3.05, 3.63) is 77.7 Å². The van der Waals surface area contributed by atoms with Crippen LogP contribution in [0.15, 0.2) is 77.3 Å². The molecule has 5 nitrogen and oxygen atoms in total. The van der Waals surface area contributed by atoms with Crippen LogP contribution in [0, 0.1) is 6.92 Å². The molecule has 0 saturated carbocycles. The zero-order valence-corrected chi connectivity index (χ0v) is 16.8. The Bertz CT molecular complexity index is 1060. The van der Waals surface area contributed by atoms with Gasteiger partial charge in [0.05, 0.1) is 10.6 Å². The first kappa shape index (κ1) is 18.5. The minimum Gasteiger partial charge on any atom is -0.325 e. The Morgan fingerprint density at radius 2 is 1.82 bits per heavy atom. The largest absolute Gasteiger partial charge is 0.325 e. The van der Waals surface area contributed by atoms with Crippen molar-refractivity contribution >= 4 is 34.7 Å². The molecular weight excluding hydrogens is 388 g/mol. The maximum atomic E-state index is 12.4. The van der Waals surface area contributed by atoms with Crippen molar-refractivity contribution in [2.75, 3.05) is 11.1 Å². The fourth-order valence-electron chi connectivity index (χ4n) is 2.70. The van der Waals surface area contributed by atoms with E-state index in [9.17, 15) is 4.79 Å². The van der Waals surface area contributed by atoms with Gasteiger partial charge in [-0.2, -0.15) is 0 Å². The zero-order chi connectivity index (χ0) is 19.3. The summed E-state index contributed by atoms with van der Waals surface area (Å²) >= 11 is 2.99. The molecule has 4 rings (SSSR count). The molecule has 0 bridgehead atoms. The number of carbonyl (C=O) groups is 1. The molecule has 0 radical (unpaired) electrons. The zero-order valence-electron chi connectivity index (χ0n) is 15.2. The second kappa shape index (κ2) is 8.41. The number of benzene rings is 2. The molecule has 0 spiro atoms. The summed E-state index contributed by atoms with van der Waals surface area (Å²) in [5.74, 6) is 0.959. The third-order valence-corrected chi connectivity index (χ3v) is 5.85. The molecule has 2 heterocycles. The van der Waals surface area contributed by atoms with E-state index in [1.54, 1.807) is 11.3 Å². The SMILES string of the molecule is Cc1ccc(NC(=O)CSc2nnc(-c3cccs3)n2-c2ccccc2)cc1. The number of anilines is 1. The van der Waals surface area contributed by atoms with Gasteiger partial charge >= 0.3 is 0 Å². The van der Waals surface area contributed by atoms with Crippen LogP contribution in [-0.4, -0.2) is 26.4 Å². The van der Waals surface area contributed by atoms with Crippen molar-refractivity contribution in [2.24, 2.45) is 0 Å². The van der Waals surface area contributed by atoms with E-state index < -0.39 is 0 Å². The van der Waals surface area contributed by atoms with Gasteiger partial charge in [0.1, 0.15) is 0 Å². The lowest BCUT2D eigenvalue weighted by Gasteiger charge is -2.09. The van der Waals surface area contributed by atoms with E-state index in [1.165, 1.54) is 11.8 Å². The van der Waals surface area contributed by atoms with Gasteiger partial charge in [-0.15, -0.1) is 21.5 Å². The maximum absolute atomic E-state index is 12.4. The summed E-state index contributed by atoms with van der Waals surface area (Å²) in [5.41, 5.74) is 2.92. The summed E-state index contributed by atoms with van der Waals surface area (Å²) < 4.78 is 2.00. The number of hydrogen-bond donors (Lipinski definition) is 1. The van der Waals surface area contributed by atoms with Gasteiger partial charge < -0.3 is 5.32 Å². The summed E-state index contributed by atoms with van der Waals surface area (Å²) in [4.78, 5) is 13.4. The van der Waals surface area contributed by atoms with Crippen molar-refractivity contribution in [1.29, 1.82) is 0 Å². The monoisotopic (exact) mass is 406 g/mol. The van der Waals surface area contributed by atoms with Crippen LogP contribution in [0.1, 0.15) is 5.56 Å². The minimum absolute atomic E-state index is 0.0749. The minimum atomic E-state index is -0.0749. The van der Waals surface area contributed by atoms with E-state index in [2.05, 4.69) is 15.5 Å². The van der Waals surface area contributed by atoms with Crippen molar-refractivity contribution in [1.82, 2.24) is 14.8 Å². The standard InChI is InChI=1S/C21H18N4OS2/c1-15-9-11-16(12-10-15)22-19(26)14-28-21-24-23-20(18-8-5-13-27-18)25(21)17-6-3-2-4-7-17/h2-13H,14H2,1H3,(H,22,26). The van der Waals surface area contributed by atoms with Crippen LogP contribution < -0.4 is 5.32 Å². The van der Waals surface area contributed by atoms with Gasteiger partial charge in [-0.25, -0.2) is 0 Å². The van der Waals surface area contributed by atoms with Crippen LogP contribution in [0.4, 0.5) is 5.69 Å². The van der Waals surface area contributed by atoms with Gasteiger partial charge in [0, 0.05) is 11.4 Å². The highest BCUT2D eigenvalue weighted by Crippen LogP contribution is 2.30. The number of para-hydroxylation sites is 1. The number of carbonyl (C=O) groups excluding carboxylic acids is 1. The van der Waals surface area contributed by atoms with E-state index in [4.69, 9.17) is 0 Å². The molecule has 28 heavy (non-hydrogen) atoms. The summed E-state index contributed by atoms with van der Waals surface area (Å²) in [6.07, 6.45) is 0. The number of hydrogen-bond acceptors (Lipinski definition) is 5. The first-order valence-corrected chi connectivity index (χ1v) is 10.6. The van der Waals surface area contributed by atoms with Gasteiger partial charge in [0.2, 0.25) is 5.91 Å². The lowest BCUT2D eigenvalue weighted by atomic mass is 10.2. The van der Waals surface area contributed by atoms with Gasteiger partial charge in [-0.1, -0.05) is 53.7 Å². The second-order valence-corrected chi connectivity index (χ2v) is 8.05. The quantitative estimate of drug-likeness (QED) is 0.456. The van der Waals surface area contributed by atoms with Crippen LogP contribution >= 0.6 is 23.1 Å². The lowest BCUT2D eigenvalue weighted by molar-refractivity contribution is -0.113. The molecule has 0 aliphatic rings. The van der Waals surface area contributed by atoms with Crippen LogP contribution in [0.3, 0.4) is 0 Å². The molecule has 7 heteroatoms. The molecule has 2 aromatic heterocycles. The summed E-state index contributed by atoms with van der Waals surface area (Å²) in [5, 5.41) is 14.3. The average Bonchev–Trinajstić information content (AvgIpc) is 3.38. The molecule has 140 valence electrons. The van der Waals surface area contributed by atoms with Gasteiger partial charge in [-0.3, -0.25) is 9.36 Å². The Balaban J connectivity index is 1.54. The number of thiophene rings is 1. The number of thioether (sulfide) groups is 1. The second-order valence-electron chi connectivity index (χ2n) is 6.16. The Labute approximate surface area is 171 Å². The topological polar surface area (TPSA) is 59.8 Å². The Morgan fingerprint density at radius 1 is 1.04 bits per heavy atom. The number of rotatable bonds is 6. The predicted molar refractivity (Wildman–Crippen MR) is 115 cm³/mol. The molecule has 0 aliphatic heterocycles. The van der Waals surface area contributed by atoms with Crippen molar-refractivity contribution < 1.29 is 4.79 Å². The smallest absolute Gasteiger partial charge is 0.234 e. The van der Waals surface area contributed by atoms with E-state index in [1.807, 2.05) is 83.6 Å². The predicted octanol–water partition coefficient (Wildman–Crippen LogP) is 5.04. The summed E-state index contributed by atoms with van der Waals surface area (Å²) in [7, 11) is 0. The van der Waals surface area contributed by atoms with Crippen LogP contribution in [-0.2, 0) is 4.79 Å². The van der Waals surface area contributed by atoms with Gasteiger partial charge in [0.25, 0.3) is 0 Å². The summed E-state index contributed by atoms with van der Waals surface area (Å²) in [6.45, 7) is 2.02. The number of nitrogens with zero attached hydrogens (tertiary/aromatic N) is 3. The third-order valence-electron chi connectivity index (χ3n) is 4.06. The van der Waals surface area contributed by atoms with E-state index >= 15 is 0 Å². The normalized spacial score (nSPS) is 10.8. The number of amides is 1. The summed E-state index contributed by atoms with van der Waals surface area (Å²) in [6, 6.07) is 21.7. The van der Waals surface area contributed by atoms with Crippen LogP contribution in [0.25, 0.3) is 16.4 Å². The van der Waals surface area contributed by atoms with Crippen molar-refractivity contribution in [3.63, 3.8) is 0 Å². The first-order chi connectivity index (χ1) is 13.7. The highest BCUT2D eigenvalue weighted by molar-refractivity contribution is 7.99. The molecule has 1 N–H and O–H groups in total. The molecule has 1 amide bonds. The van der Waals surface area contributed by atoms with E-state index in [0.29, 0.717) is 5.16 Å². The number of aromatic nitrogens is 3. The molecule has 0 aliphatic carbocycles. The van der Waals surface area contributed by atoms with Crippen LogP contribution in [0.2, 0.25) is 0 Å². The van der Waals surface area contributed by atoms with Crippen molar-refractivity contribution in [3.8, 4) is 16.4 Å². The average molecular weight is 407 g/mol. The number of aryl methyl sites for hydroxylation is 1. The lowest BCUT2D eigenvalue weighted by Crippen LogP contribution is -2.14. The maximum Gasteiger partial charge on any atom is 0.234 e. The van der Waals surface area contributed by atoms with Gasteiger partial charge in [0.15, 0.2) is 11.0 Å². The fourth-order valence-corrected chi connectivity index (χ4v) is 4.15. The van der Waals surface area contributed by atoms with E-state index in [-0.39, 0.29) is 11.7 Å². The molecule has 4 aromatic rings. The molecule has 0 fully saturated rings. The molecule has 0 saturated heterocycles. The van der Waals surface area contributed by atoms with Crippen LogP contribution in [0.5, 0.6) is 0 Å². The first-order valence-electron chi connectivity index (χ1n) is 8.75.